The molecule has 0 fully saturated rings. The van der Waals surface area contributed by atoms with Gasteiger partial charge in [0.15, 0.2) is 0 Å². The second-order valence-corrected chi connectivity index (χ2v) is 3.83. The first kappa shape index (κ1) is 11.1. The summed E-state index contributed by atoms with van der Waals surface area (Å²) in [7, 11) is 1.91. The molecule has 0 amide bonds. The Balaban J connectivity index is 2.42. The molecular formula is C10H13ClN2O. The van der Waals surface area contributed by atoms with Gasteiger partial charge in [0, 0.05) is 6.54 Å². The first-order valence-corrected chi connectivity index (χ1v) is 4.83. The smallest absolute Gasteiger partial charge is 0.133 e. The fourth-order valence-electron chi connectivity index (χ4n) is 1.22. The lowest BCUT2D eigenvalue weighted by Crippen LogP contribution is -2.24. The molecule has 1 unspecified atom stereocenters. The fraction of sp³-hybridized carbons (Fsp3) is 0.500. The third kappa shape index (κ3) is 3.41. The predicted molar refractivity (Wildman–Crippen MR) is 55.0 cm³/mol. The molecule has 1 aromatic rings. The van der Waals surface area contributed by atoms with Gasteiger partial charge >= 0.3 is 0 Å². The Morgan fingerprint density at radius 2 is 2.36 bits per heavy atom. The summed E-state index contributed by atoms with van der Waals surface area (Å²) in [6, 6.07) is 5.83. The largest absolute Gasteiger partial charge is 0.465 e. The standard InChI is InChI=1S/C10H13ClN2O/c1-8-3-4-10(14-8)7-13(2)6-9(11)5-12/h3-4,9H,6-7H2,1-2H3. The molecule has 1 atom stereocenters. The van der Waals surface area contributed by atoms with Crippen molar-refractivity contribution in [3.8, 4) is 6.07 Å². The molecule has 0 aliphatic rings. The molecule has 0 saturated heterocycles. The topological polar surface area (TPSA) is 40.2 Å². The molecule has 14 heavy (non-hydrogen) atoms. The van der Waals surface area contributed by atoms with Crippen LogP contribution in [0.25, 0.3) is 0 Å². The van der Waals surface area contributed by atoms with Gasteiger partial charge in [0.2, 0.25) is 0 Å². The van der Waals surface area contributed by atoms with E-state index in [9.17, 15) is 0 Å². The van der Waals surface area contributed by atoms with Crippen LogP contribution in [0.1, 0.15) is 11.5 Å². The minimum Gasteiger partial charge on any atom is -0.465 e. The Bertz CT molecular complexity index is 329. The molecule has 0 saturated carbocycles. The van der Waals surface area contributed by atoms with Crippen molar-refractivity contribution in [2.45, 2.75) is 18.8 Å². The second kappa shape index (κ2) is 5.04. The lowest BCUT2D eigenvalue weighted by Gasteiger charge is -2.14. The highest BCUT2D eigenvalue weighted by atomic mass is 35.5. The van der Waals surface area contributed by atoms with E-state index in [0.29, 0.717) is 13.1 Å². The molecule has 1 heterocycles. The van der Waals surface area contributed by atoms with Gasteiger partial charge in [0.25, 0.3) is 0 Å². The first-order valence-electron chi connectivity index (χ1n) is 4.39. The second-order valence-electron chi connectivity index (χ2n) is 3.31. The summed E-state index contributed by atoms with van der Waals surface area (Å²) in [5, 5.41) is 8.06. The predicted octanol–water partition coefficient (Wildman–Crippen LogP) is 2.15. The fourth-order valence-corrected chi connectivity index (χ4v) is 1.45. The highest BCUT2D eigenvalue weighted by Gasteiger charge is 2.08. The average Bonchev–Trinajstić information content (AvgIpc) is 2.50. The summed E-state index contributed by atoms with van der Waals surface area (Å²) >= 11 is 5.70. The van der Waals surface area contributed by atoms with Gasteiger partial charge in [-0.05, 0) is 26.1 Å². The number of hydrogen-bond donors (Lipinski definition) is 0. The van der Waals surface area contributed by atoms with Crippen molar-refractivity contribution in [2.75, 3.05) is 13.6 Å². The van der Waals surface area contributed by atoms with Crippen molar-refractivity contribution in [3.63, 3.8) is 0 Å². The van der Waals surface area contributed by atoms with Crippen LogP contribution in [0.2, 0.25) is 0 Å². The molecular weight excluding hydrogens is 200 g/mol. The Labute approximate surface area is 88.9 Å². The van der Waals surface area contributed by atoms with Crippen molar-refractivity contribution in [3.05, 3.63) is 23.7 Å². The van der Waals surface area contributed by atoms with Gasteiger partial charge < -0.3 is 4.42 Å². The number of aryl methyl sites for hydroxylation is 1. The lowest BCUT2D eigenvalue weighted by atomic mass is 10.3. The highest BCUT2D eigenvalue weighted by molar-refractivity contribution is 6.22. The quantitative estimate of drug-likeness (QED) is 0.718. The van der Waals surface area contributed by atoms with Gasteiger partial charge in [-0.15, -0.1) is 11.6 Å². The normalized spacial score (nSPS) is 12.8. The SMILES string of the molecule is Cc1ccc(CN(C)CC(Cl)C#N)o1. The number of alkyl halides is 1. The monoisotopic (exact) mass is 212 g/mol. The highest BCUT2D eigenvalue weighted by Crippen LogP contribution is 2.09. The minimum atomic E-state index is -0.462. The van der Waals surface area contributed by atoms with Crippen LogP contribution in [-0.4, -0.2) is 23.9 Å². The van der Waals surface area contributed by atoms with Gasteiger partial charge in [-0.25, -0.2) is 0 Å². The van der Waals surface area contributed by atoms with E-state index >= 15 is 0 Å². The van der Waals surface area contributed by atoms with E-state index in [-0.39, 0.29) is 0 Å². The van der Waals surface area contributed by atoms with Crippen LogP contribution in [0.15, 0.2) is 16.5 Å². The van der Waals surface area contributed by atoms with Crippen molar-refractivity contribution < 1.29 is 4.42 Å². The number of hydrogen-bond acceptors (Lipinski definition) is 3. The number of nitriles is 1. The first-order chi connectivity index (χ1) is 6.61. The third-order valence-electron chi connectivity index (χ3n) is 1.83. The summed E-state index contributed by atoms with van der Waals surface area (Å²) in [6.45, 7) is 3.12. The molecule has 0 bridgehead atoms. The van der Waals surface area contributed by atoms with Crippen molar-refractivity contribution in [1.29, 1.82) is 5.26 Å². The zero-order valence-electron chi connectivity index (χ0n) is 8.33. The zero-order valence-corrected chi connectivity index (χ0v) is 9.08. The zero-order chi connectivity index (χ0) is 10.6. The van der Waals surface area contributed by atoms with Crippen molar-refractivity contribution >= 4 is 11.6 Å². The summed E-state index contributed by atoms with van der Waals surface area (Å²) in [6.07, 6.45) is 0. The molecule has 4 heteroatoms. The van der Waals surface area contributed by atoms with E-state index in [4.69, 9.17) is 21.3 Å². The Kier molecular flexibility index (Phi) is 3.99. The number of furan rings is 1. The Morgan fingerprint density at radius 3 is 2.86 bits per heavy atom. The average molecular weight is 213 g/mol. The molecule has 1 aromatic heterocycles. The molecule has 3 nitrogen and oxygen atoms in total. The summed E-state index contributed by atoms with van der Waals surface area (Å²) in [4.78, 5) is 1.96. The molecule has 0 aliphatic heterocycles. The van der Waals surface area contributed by atoms with E-state index in [1.807, 2.05) is 37.1 Å². The van der Waals surface area contributed by atoms with E-state index in [1.54, 1.807) is 0 Å². The molecule has 1 rings (SSSR count). The number of rotatable bonds is 4. The summed E-state index contributed by atoms with van der Waals surface area (Å²) in [5.41, 5.74) is 0. The van der Waals surface area contributed by atoms with E-state index in [0.717, 1.165) is 11.5 Å². The molecule has 0 aromatic carbocycles. The maximum absolute atomic E-state index is 8.52. The van der Waals surface area contributed by atoms with Gasteiger partial charge in [-0.2, -0.15) is 5.26 Å². The molecule has 0 spiro atoms. The summed E-state index contributed by atoms with van der Waals surface area (Å²) in [5.74, 6) is 1.79. The van der Waals surface area contributed by atoms with Crippen LogP contribution in [0.4, 0.5) is 0 Å². The van der Waals surface area contributed by atoms with Gasteiger partial charge in [-0.1, -0.05) is 0 Å². The third-order valence-corrected chi connectivity index (χ3v) is 2.07. The lowest BCUT2D eigenvalue weighted by molar-refractivity contribution is 0.300. The van der Waals surface area contributed by atoms with Gasteiger partial charge in [-0.3, -0.25) is 4.90 Å². The van der Waals surface area contributed by atoms with Crippen LogP contribution in [0.5, 0.6) is 0 Å². The Hall–Kier alpha value is -0.980. The number of nitrogens with zero attached hydrogens (tertiary/aromatic N) is 2. The van der Waals surface area contributed by atoms with Crippen molar-refractivity contribution in [2.24, 2.45) is 0 Å². The molecule has 76 valence electrons. The van der Waals surface area contributed by atoms with Crippen LogP contribution < -0.4 is 0 Å². The number of halogens is 1. The van der Waals surface area contributed by atoms with E-state index in [2.05, 4.69) is 0 Å². The van der Waals surface area contributed by atoms with E-state index in [1.165, 1.54) is 0 Å². The Morgan fingerprint density at radius 1 is 1.64 bits per heavy atom. The van der Waals surface area contributed by atoms with Crippen LogP contribution in [0.3, 0.4) is 0 Å². The van der Waals surface area contributed by atoms with Crippen molar-refractivity contribution in [1.82, 2.24) is 4.90 Å². The van der Waals surface area contributed by atoms with Crippen LogP contribution >= 0.6 is 11.6 Å². The summed E-state index contributed by atoms with van der Waals surface area (Å²) < 4.78 is 5.40. The van der Waals surface area contributed by atoms with E-state index < -0.39 is 5.38 Å². The van der Waals surface area contributed by atoms with Crippen LogP contribution in [-0.2, 0) is 6.54 Å². The van der Waals surface area contributed by atoms with Gasteiger partial charge in [0.05, 0.1) is 12.6 Å². The van der Waals surface area contributed by atoms with Crippen LogP contribution in [0, 0.1) is 18.3 Å². The molecule has 0 N–H and O–H groups in total. The van der Waals surface area contributed by atoms with Gasteiger partial charge in [0.1, 0.15) is 16.9 Å². The maximum atomic E-state index is 8.52. The molecule has 0 aliphatic carbocycles. The minimum absolute atomic E-state index is 0.462. The molecule has 0 radical (unpaired) electrons. The maximum Gasteiger partial charge on any atom is 0.133 e.